The Hall–Kier alpha value is -5.35. The Balaban J connectivity index is 1.16. The highest BCUT2D eigenvalue weighted by Gasteiger charge is 2.24. The fourth-order valence-corrected chi connectivity index (χ4v) is 5.03. The highest BCUT2D eigenvalue weighted by molar-refractivity contribution is 5.96. The molecule has 1 aliphatic heterocycles. The van der Waals surface area contributed by atoms with Gasteiger partial charge in [0.25, 0.3) is 0 Å². The van der Waals surface area contributed by atoms with E-state index in [0.29, 0.717) is 63.7 Å². The zero-order valence-electron chi connectivity index (χ0n) is 21.6. The number of hydrogen-bond donors (Lipinski definition) is 3. The average Bonchev–Trinajstić information content (AvgIpc) is 3.57. The van der Waals surface area contributed by atoms with Crippen LogP contribution in [0.25, 0.3) is 33.5 Å². The maximum absolute atomic E-state index is 13.0. The van der Waals surface area contributed by atoms with Crippen molar-refractivity contribution in [1.82, 2.24) is 19.5 Å². The second-order valence-corrected chi connectivity index (χ2v) is 9.72. The third-order valence-corrected chi connectivity index (χ3v) is 7.04. The number of H-pyrrole nitrogens is 2. The summed E-state index contributed by atoms with van der Waals surface area (Å²) in [7, 11) is 0. The van der Waals surface area contributed by atoms with Crippen molar-refractivity contribution < 1.29 is 24.1 Å². The second kappa shape index (κ2) is 10.00. The largest absolute Gasteiger partial charge is 0.486 e. The predicted molar refractivity (Wildman–Crippen MR) is 151 cm³/mol. The molecule has 204 valence electrons. The molecule has 3 N–H and O–H groups in total. The van der Waals surface area contributed by atoms with Gasteiger partial charge in [-0.25, -0.2) is 14.6 Å². The molecule has 0 radical (unpaired) electrons. The molecule has 0 spiro atoms. The molecule has 0 saturated carbocycles. The van der Waals surface area contributed by atoms with Crippen molar-refractivity contribution >= 4 is 28.0 Å². The highest BCUT2D eigenvalue weighted by atomic mass is 16.6. The van der Waals surface area contributed by atoms with E-state index in [2.05, 4.69) is 15.0 Å². The maximum atomic E-state index is 13.0. The number of imidazole rings is 2. The number of carbonyl (C=O) groups is 1. The zero-order valence-corrected chi connectivity index (χ0v) is 21.6. The molecular weight excluding hydrogens is 524 g/mol. The second-order valence-electron chi connectivity index (χ2n) is 9.72. The van der Waals surface area contributed by atoms with Crippen LogP contribution in [0, 0.1) is 0 Å². The smallest absolute Gasteiger partial charge is 0.340 e. The van der Waals surface area contributed by atoms with Crippen LogP contribution in [0.2, 0.25) is 0 Å². The summed E-state index contributed by atoms with van der Waals surface area (Å²) in [6.07, 6.45) is -1.72. The van der Waals surface area contributed by atoms with Crippen LogP contribution in [0.5, 0.6) is 11.5 Å². The SMILES string of the molecule is O=C(OC(O)c1ccccc1)c1ccc2nc(-c3cccc4c3[nH]c(=O)n4CC3COc4ccccc4O3)[nH]c2c1. The van der Waals surface area contributed by atoms with Crippen molar-refractivity contribution in [2.24, 2.45) is 0 Å². The zero-order chi connectivity index (χ0) is 27.9. The van der Waals surface area contributed by atoms with Crippen LogP contribution >= 0.6 is 0 Å². The number of aromatic amines is 2. The summed E-state index contributed by atoms with van der Waals surface area (Å²) in [6, 6.07) is 26.6. The highest BCUT2D eigenvalue weighted by Crippen LogP contribution is 2.32. The van der Waals surface area contributed by atoms with Gasteiger partial charge in [-0.15, -0.1) is 0 Å². The number of aliphatic hydroxyl groups is 1. The fraction of sp³-hybridized carbons (Fsp3) is 0.129. The Morgan fingerprint density at radius 1 is 1.00 bits per heavy atom. The number of ether oxygens (including phenoxy) is 3. The number of hydrogen-bond acceptors (Lipinski definition) is 7. The molecule has 41 heavy (non-hydrogen) atoms. The van der Waals surface area contributed by atoms with E-state index in [-0.39, 0.29) is 17.4 Å². The minimum absolute atomic E-state index is 0.261. The summed E-state index contributed by atoms with van der Waals surface area (Å²) in [5.41, 5.74) is 3.73. The minimum atomic E-state index is -1.38. The van der Waals surface area contributed by atoms with Crippen molar-refractivity contribution in [1.29, 1.82) is 0 Å². The van der Waals surface area contributed by atoms with Gasteiger partial charge in [-0.2, -0.15) is 0 Å². The number of carbonyl (C=O) groups excluding carboxylic acids is 1. The first-order valence-corrected chi connectivity index (χ1v) is 13.1. The molecule has 0 saturated heterocycles. The van der Waals surface area contributed by atoms with Gasteiger partial charge in [0, 0.05) is 11.1 Å². The first-order chi connectivity index (χ1) is 20.0. The molecular formula is C31H24N4O6. The Kier molecular flexibility index (Phi) is 6.02. The fourth-order valence-electron chi connectivity index (χ4n) is 5.03. The van der Waals surface area contributed by atoms with Gasteiger partial charge in [-0.1, -0.05) is 48.5 Å². The van der Waals surface area contributed by atoms with Gasteiger partial charge < -0.3 is 29.3 Å². The van der Waals surface area contributed by atoms with Crippen LogP contribution < -0.4 is 15.2 Å². The molecule has 0 aliphatic carbocycles. The van der Waals surface area contributed by atoms with Crippen LogP contribution in [0.3, 0.4) is 0 Å². The number of nitrogens with one attached hydrogen (secondary N) is 2. The molecule has 1 aliphatic rings. The van der Waals surface area contributed by atoms with E-state index in [1.807, 2.05) is 48.5 Å². The molecule has 4 aromatic carbocycles. The van der Waals surface area contributed by atoms with E-state index in [0.717, 1.165) is 0 Å². The summed E-state index contributed by atoms with van der Waals surface area (Å²) in [5.74, 6) is 1.20. The number of aromatic nitrogens is 4. The van der Waals surface area contributed by atoms with Gasteiger partial charge in [0.1, 0.15) is 12.4 Å². The van der Waals surface area contributed by atoms with Crippen molar-refractivity contribution in [3.05, 3.63) is 113 Å². The first kappa shape index (κ1) is 24.7. The van der Waals surface area contributed by atoms with Crippen LogP contribution in [-0.4, -0.2) is 43.3 Å². The van der Waals surface area contributed by atoms with Crippen molar-refractivity contribution in [2.75, 3.05) is 6.61 Å². The minimum Gasteiger partial charge on any atom is -0.486 e. The predicted octanol–water partition coefficient (Wildman–Crippen LogP) is 4.56. The molecule has 7 rings (SSSR count). The van der Waals surface area contributed by atoms with Crippen LogP contribution in [-0.2, 0) is 11.3 Å². The number of para-hydroxylation sites is 3. The molecule has 2 unspecified atom stereocenters. The van der Waals surface area contributed by atoms with Gasteiger partial charge in [-0.05, 0) is 42.5 Å². The Bertz CT molecular complexity index is 1960. The molecule has 0 fully saturated rings. The number of nitrogens with zero attached hydrogens (tertiary/aromatic N) is 2. The normalized spacial score (nSPS) is 15.2. The van der Waals surface area contributed by atoms with Gasteiger partial charge in [0.05, 0.1) is 34.2 Å². The third-order valence-electron chi connectivity index (χ3n) is 7.04. The van der Waals surface area contributed by atoms with Gasteiger partial charge in [0.15, 0.2) is 17.6 Å². The monoisotopic (exact) mass is 548 g/mol. The molecule has 10 nitrogen and oxygen atoms in total. The van der Waals surface area contributed by atoms with E-state index < -0.39 is 12.3 Å². The lowest BCUT2D eigenvalue weighted by atomic mass is 10.1. The van der Waals surface area contributed by atoms with Crippen molar-refractivity contribution in [3.63, 3.8) is 0 Å². The third kappa shape index (κ3) is 4.60. The lowest BCUT2D eigenvalue weighted by Gasteiger charge is -2.26. The van der Waals surface area contributed by atoms with Crippen molar-refractivity contribution in [2.45, 2.75) is 18.9 Å². The van der Waals surface area contributed by atoms with E-state index >= 15 is 0 Å². The number of rotatable bonds is 6. The molecule has 0 bridgehead atoms. The lowest BCUT2D eigenvalue weighted by molar-refractivity contribution is -0.0671. The first-order valence-electron chi connectivity index (χ1n) is 13.1. The number of benzene rings is 4. The molecule has 0 amide bonds. The van der Waals surface area contributed by atoms with Gasteiger partial charge in [0.2, 0.25) is 6.29 Å². The van der Waals surface area contributed by atoms with E-state index in [1.54, 1.807) is 47.0 Å². The molecule has 2 atom stereocenters. The Morgan fingerprint density at radius 2 is 1.80 bits per heavy atom. The van der Waals surface area contributed by atoms with Crippen LogP contribution in [0.1, 0.15) is 22.2 Å². The molecule has 2 aromatic heterocycles. The standard InChI is InChI=1S/C31H24N4O6/c36-29(18-7-2-1-3-8-18)41-30(37)19-13-14-22-23(15-19)33-28(32-22)21-9-6-10-24-27(21)34-31(38)35(24)16-20-17-39-25-11-4-5-12-26(25)40-20/h1-15,20,29,36H,16-17H2,(H,32,33)(H,34,38). The summed E-state index contributed by atoms with van der Waals surface area (Å²) in [5, 5.41) is 10.3. The Morgan fingerprint density at radius 3 is 2.66 bits per heavy atom. The molecule has 3 heterocycles. The number of aliphatic hydroxyl groups excluding tert-OH is 1. The lowest BCUT2D eigenvalue weighted by Crippen LogP contribution is -2.35. The average molecular weight is 549 g/mol. The summed E-state index contributed by atoms with van der Waals surface area (Å²) >= 11 is 0. The van der Waals surface area contributed by atoms with Crippen LogP contribution in [0.15, 0.2) is 95.8 Å². The van der Waals surface area contributed by atoms with E-state index in [9.17, 15) is 14.7 Å². The molecule has 6 aromatic rings. The topological polar surface area (TPSA) is 131 Å². The summed E-state index contributed by atoms with van der Waals surface area (Å²) in [4.78, 5) is 36.6. The van der Waals surface area contributed by atoms with E-state index in [1.165, 1.54) is 0 Å². The van der Waals surface area contributed by atoms with Crippen molar-refractivity contribution in [3.8, 4) is 22.9 Å². The van der Waals surface area contributed by atoms with Crippen LogP contribution in [0.4, 0.5) is 0 Å². The number of fused-ring (bicyclic) bond motifs is 3. The maximum Gasteiger partial charge on any atom is 0.340 e. The quantitative estimate of drug-likeness (QED) is 0.205. The van der Waals surface area contributed by atoms with E-state index in [4.69, 9.17) is 14.2 Å². The van der Waals surface area contributed by atoms with Gasteiger partial charge >= 0.3 is 11.7 Å². The summed E-state index contributed by atoms with van der Waals surface area (Å²) in [6.45, 7) is 0.629. The van der Waals surface area contributed by atoms with Gasteiger partial charge in [-0.3, -0.25) is 4.57 Å². The summed E-state index contributed by atoms with van der Waals surface area (Å²) < 4.78 is 18.8. The number of esters is 1. The molecule has 10 heteroatoms. The Labute approximate surface area is 232 Å².